The molecular weight excluding hydrogens is 286 g/mol. The van der Waals surface area contributed by atoms with E-state index in [1.165, 1.54) is 19.3 Å². The van der Waals surface area contributed by atoms with Crippen molar-refractivity contribution in [2.24, 2.45) is 28.6 Å². The minimum absolute atomic E-state index is 0.105. The first-order chi connectivity index (χ1) is 10.7. The van der Waals surface area contributed by atoms with Crippen LogP contribution in [0.4, 0.5) is 0 Å². The summed E-state index contributed by atoms with van der Waals surface area (Å²) in [7, 11) is 2.03. The van der Waals surface area contributed by atoms with Crippen molar-refractivity contribution in [2.75, 3.05) is 7.05 Å². The summed E-state index contributed by atoms with van der Waals surface area (Å²) in [6.07, 6.45) is 8.77. The smallest absolute Gasteiger partial charge is 0.222 e. The molecule has 1 aliphatic heterocycles. The van der Waals surface area contributed by atoms with E-state index >= 15 is 0 Å². The van der Waals surface area contributed by atoms with Crippen LogP contribution in [-0.2, 0) is 4.79 Å². The van der Waals surface area contributed by atoms with Crippen LogP contribution in [0.1, 0.15) is 72.1 Å². The van der Waals surface area contributed by atoms with E-state index in [1.54, 1.807) is 0 Å². The first kappa shape index (κ1) is 15.9. The molecule has 130 valence electrons. The van der Waals surface area contributed by atoms with Crippen molar-refractivity contribution in [3.63, 3.8) is 0 Å². The number of amides is 1. The van der Waals surface area contributed by atoms with E-state index in [4.69, 9.17) is 0 Å². The van der Waals surface area contributed by atoms with Gasteiger partial charge in [0, 0.05) is 19.5 Å². The molecule has 4 fully saturated rings. The summed E-state index contributed by atoms with van der Waals surface area (Å²) in [4.78, 5) is 14.2. The van der Waals surface area contributed by atoms with Crippen LogP contribution in [-0.4, -0.2) is 34.6 Å². The topological polar surface area (TPSA) is 40.5 Å². The largest absolute Gasteiger partial charge is 0.390 e. The summed E-state index contributed by atoms with van der Waals surface area (Å²) in [5, 5.41) is 11.0. The molecule has 0 radical (unpaired) electrons. The molecule has 4 rings (SSSR count). The molecule has 3 heteroatoms. The SMILES string of the molecule is CN1C(=O)CC[C@]2(C)[C@H]3CC[C@@]4(C)[C@@H](CC[C@]4(C)O)[C@@H]3CC[C@@H]12. The number of nitrogens with zero attached hydrogens (tertiary/aromatic N) is 1. The van der Waals surface area contributed by atoms with E-state index in [9.17, 15) is 9.90 Å². The summed E-state index contributed by atoms with van der Waals surface area (Å²) in [6, 6.07) is 0.441. The normalized spacial score (nSPS) is 56.0. The van der Waals surface area contributed by atoms with Crippen LogP contribution in [0.15, 0.2) is 0 Å². The van der Waals surface area contributed by atoms with Crippen molar-refractivity contribution < 1.29 is 9.90 Å². The van der Waals surface area contributed by atoms with E-state index in [0.717, 1.165) is 43.9 Å². The van der Waals surface area contributed by atoms with Crippen LogP contribution in [0.3, 0.4) is 0 Å². The molecule has 0 unspecified atom stereocenters. The third kappa shape index (κ3) is 1.89. The van der Waals surface area contributed by atoms with E-state index < -0.39 is 5.60 Å². The van der Waals surface area contributed by atoms with Gasteiger partial charge in [-0.2, -0.15) is 0 Å². The van der Waals surface area contributed by atoms with E-state index in [2.05, 4.69) is 25.7 Å². The molecular formula is C20H33NO2. The van der Waals surface area contributed by atoms with Gasteiger partial charge in [0.15, 0.2) is 0 Å². The van der Waals surface area contributed by atoms with Gasteiger partial charge in [-0.15, -0.1) is 0 Å². The highest BCUT2D eigenvalue weighted by Gasteiger charge is 2.63. The number of hydrogen-bond donors (Lipinski definition) is 1. The second-order valence-electron chi connectivity index (χ2n) is 9.75. The fraction of sp³-hybridized carbons (Fsp3) is 0.950. The van der Waals surface area contributed by atoms with Crippen LogP contribution in [0.5, 0.6) is 0 Å². The third-order valence-corrected chi connectivity index (χ3v) is 9.12. The maximum atomic E-state index is 12.2. The predicted molar refractivity (Wildman–Crippen MR) is 90.8 cm³/mol. The van der Waals surface area contributed by atoms with E-state index in [-0.39, 0.29) is 5.41 Å². The fourth-order valence-electron chi connectivity index (χ4n) is 7.39. The summed E-state index contributed by atoms with van der Waals surface area (Å²) < 4.78 is 0. The van der Waals surface area contributed by atoms with Crippen LogP contribution < -0.4 is 0 Å². The van der Waals surface area contributed by atoms with E-state index in [1.807, 2.05) is 7.05 Å². The lowest BCUT2D eigenvalue weighted by atomic mass is 9.46. The van der Waals surface area contributed by atoms with E-state index in [0.29, 0.717) is 23.3 Å². The van der Waals surface area contributed by atoms with Gasteiger partial charge in [-0.05, 0) is 80.5 Å². The quantitative estimate of drug-likeness (QED) is 0.741. The molecule has 0 aromatic heterocycles. The maximum absolute atomic E-state index is 12.2. The highest BCUT2D eigenvalue weighted by atomic mass is 16.3. The number of hydrogen-bond acceptors (Lipinski definition) is 2. The zero-order valence-electron chi connectivity index (χ0n) is 15.3. The minimum atomic E-state index is -0.486. The average Bonchev–Trinajstić information content (AvgIpc) is 2.74. The van der Waals surface area contributed by atoms with Crippen molar-refractivity contribution in [1.82, 2.24) is 4.90 Å². The molecule has 3 aliphatic carbocycles. The summed E-state index contributed by atoms with van der Waals surface area (Å²) in [5.74, 6) is 2.52. The number of carbonyl (C=O) groups excluding carboxylic acids is 1. The maximum Gasteiger partial charge on any atom is 0.222 e. The molecule has 4 aliphatic rings. The number of piperidine rings is 1. The van der Waals surface area contributed by atoms with Crippen molar-refractivity contribution in [2.45, 2.75) is 83.8 Å². The van der Waals surface area contributed by atoms with Crippen LogP contribution in [0.2, 0.25) is 0 Å². The lowest BCUT2D eigenvalue weighted by Gasteiger charge is -2.62. The zero-order valence-corrected chi connectivity index (χ0v) is 15.3. The van der Waals surface area contributed by atoms with Gasteiger partial charge >= 0.3 is 0 Å². The molecule has 1 amide bonds. The van der Waals surface area contributed by atoms with Gasteiger partial charge in [0.25, 0.3) is 0 Å². The average molecular weight is 319 g/mol. The van der Waals surface area contributed by atoms with Gasteiger partial charge in [0.05, 0.1) is 5.60 Å². The van der Waals surface area contributed by atoms with Crippen molar-refractivity contribution in [3.05, 3.63) is 0 Å². The number of aliphatic hydroxyl groups is 1. The second kappa shape index (κ2) is 4.74. The Labute approximate surface area is 140 Å². The first-order valence-corrected chi connectivity index (χ1v) is 9.69. The molecule has 0 bridgehead atoms. The number of rotatable bonds is 0. The molecule has 3 nitrogen and oxygen atoms in total. The lowest BCUT2D eigenvalue weighted by Crippen LogP contribution is -2.62. The Balaban J connectivity index is 1.66. The molecule has 1 heterocycles. The first-order valence-electron chi connectivity index (χ1n) is 9.69. The molecule has 3 saturated carbocycles. The standard InChI is InChI=1S/C20H33NO2/c1-18-10-9-17(22)21(4)16(18)6-5-13-14(18)7-11-19(2)15(13)8-12-20(19,3)23/h13-16,23H,5-12H2,1-4H3/t13-,14+,15+,16-,18-,19+,20+/m1/s1. The Hall–Kier alpha value is -0.570. The van der Waals surface area contributed by atoms with Crippen LogP contribution in [0, 0.1) is 28.6 Å². The van der Waals surface area contributed by atoms with Gasteiger partial charge in [0.2, 0.25) is 5.91 Å². The fourth-order valence-corrected chi connectivity index (χ4v) is 7.39. The molecule has 0 spiro atoms. The van der Waals surface area contributed by atoms with Crippen molar-refractivity contribution >= 4 is 5.91 Å². The van der Waals surface area contributed by atoms with Crippen LogP contribution >= 0.6 is 0 Å². The van der Waals surface area contributed by atoms with Gasteiger partial charge < -0.3 is 10.0 Å². The molecule has 1 saturated heterocycles. The highest BCUT2D eigenvalue weighted by molar-refractivity contribution is 5.77. The number of fused-ring (bicyclic) bond motifs is 5. The van der Waals surface area contributed by atoms with Crippen molar-refractivity contribution in [1.29, 1.82) is 0 Å². The Bertz CT molecular complexity index is 530. The van der Waals surface area contributed by atoms with Crippen molar-refractivity contribution in [3.8, 4) is 0 Å². The molecule has 0 aromatic carbocycles. The molecule has 0 aromatic rings. The number of likely N-dealkylation sites (tertiary alicyclic amines) is 1. The Morgan fingerprint density at radius 2 is 1.70 bits per heavy atom. The predicted octanol–water partition coefficient (Wildman–Crippen LogP) is 3.60. The third-order valence-electron chi connectivity index (χ3n) is 9.12. The van der Waals surface area contributed by atoms with Gasteiger partial charge in [-0.3, -0.25) is 4.79 Å². The van der Waals surface area contributed by atoms with Gasteiger partial charge in [-0.1, -0.05) is 13.8 Å². The molecule has 23 heavy (non-hydrogen) atoms. The second-order valence-corrected chi connectivity index (χ2v) is 9.75. The Kier molecular flexibility index (Phi) is 3.28. The Morgan fingerprint density at radius 3 is 2.43 bits per heavy atom. The Morgan fingerprint density at radius 1 is 1.00 bits per heavy atom. The summed E-state index contributed by atoms with van der Waals surface area (Å²) in [5.41, 5.74) is -0.0885. The lowest BCUT2D eigenvalue weighted by molar-refractivity contribution is -0.166. The molecule has 7 atom stereocenters. The van der Waals surface area contributed by atoms with Crippen LogP contribution in [0.25, 0.3) is 0 Å². The monoisotopic (exact) mass is 319 g/mol. The highest BCUT2D eigenvalue weighted by Crippen LogP contribution is 2.66. The number of carbonyl (C=O) groups is 1. The van der Waals surface area contributed by atoms with Gasteiger partial charge in [-0.25, -0.2) is 0 Å². The summed E-state index contributed by atoms with van der Waals surface area (Å²) >= 11 is 0. The van der Waals surface area contributed by atoms with Gasteiger partial charge in [0.1, 0.15) is 0 Å². The molecule has 1 N–H and O–H groups in total. The summed E-state index contributed by atoms with van der Waals surface area (Å²) in [6.45, 7) is 6.90. The minimum Gasteiger partial charge on any atom is -0.390 e. The zero-order chi connectivity index (χ0) is 16.6.